The molecule has 12 heavy (non-hydrogen) atoms. The summed E-state index contributed by atoms with van der Waals surface area (Å²) in [7, 11) is 3.25. The van der Waals surface area contributed by atoms with Crippen LogP contribution in [-0.2, 0) is 7.05 Å². The van der Waals surface area contributed by atoms with Gasteiger partial charge < -0.3 is 11.1 Å². The van der Waals surface area contributed by atoms with Crippen LogP contribution in [0.5, 0.6) is 0 Å². The van der Waals surface area contributed by atoms with Gasteiger partial charge in [0.15, 0.2) is 5.69 Å². The van der Waals surface area contributed by atoms with Gasteiger partial charge in [-0.1, -0.05) is 0 Å². The van der Waals surface area contributed by atoms with Crippen LogP contribution >= 0.6 is 12.4 Å². The standard InChI is InChI=1S/C6H10N4O.ClH/c1-8-6(11)5-4(7)3-10(2)9-5;/h3H,7H2,1-2H3,(H,8,11);1H. The van der Waals surface area contributed by atoms with Crippen molar-refractivity contribution in [1.29, 1.82) is 0 Å². The van der Waals surface area contributed by atoms with Crippen LogP contribution in [0.2, 0.25) is 0 Å². The van der Waals surface area contributed by atoms with Crippen LogP contribution in [0.4, 0.5) is 5.69 Å². The van der Waals surface area contributed by atoms with Gasteiger partial charge in [0.1, 0.15) is 0 Å². The summed E-state index contributed by atoms with van der Waals surface area (Å²) in [4.78, 5) is 11.0. The SMILES string of the molecule is CNC(=O)c1nn(C)cc1N.Cl. The molecule has 1 rings (SSSR count). The average molecular weight is 191 g/mol. The topological polar surface area (TPSA) is 72.9 Å². The molecule has 1 aromatic rings. The first-order valence-corrected chi connectivity index (χ1v) is 3.16. The van der Waals surface area contributed by atoms with Crippen molar-refractivity contribution < 1.29 is 4.79 Å². The number of hydrogen-bond acceptors (Lipinski definition) is 3. The molecule has 0 atom stereocenters. The number of amides is 1. The molecule has 5 nitrogen and oxygen atoms in total. The molecule has 68 valence electrons. The molecule has 3 N–H and O–H groups in total. The van der Waals surface area contributed by atoms with Gasteiger partial charge in [0, 0.05) is 20.3 Å². The number of nitrogen functional groups attached to an aromatic ring is 1. The van der Waals surface area contributed by atoms with Crippen LogP contribution in [0.3, 0.4) is 0 Å². The maximum atomic E-state index is 11.0. The van der Waals surface area contributed by atoms with Gasteiger partial charge in [0.05, 0.1) is 5.69 Å². The summed E-state index contributed by atoms with van der Waals surface area (Å²) in [5, 5.41) is 6.30. The minimum Gasteiger partial charge on any atom is -0.396 e. The fraction of sp³-hybridized carbons (Fsp3) is 0.333. The van der Waals surface area contributed by atoms with Crippen molar-refractivity contribution in [2.24, 2.45) is 7.05 Å². The summed E-state index contributed by atoms with van der Waals surface area (Å²) in [5.41, 5.74) is 6.14. The first-order chi connectivity index (χ1) is 5.15. The number of hydrogen-bond donors (Lipinski definition) is 2. The van der Waals surface area contributed by atoms with Crippen molar-refractivity contribution in [2.75, 3.05) is 12.8 Å². The third-order valence-corrected chi connectivity index (χ3v) is 1.30. The van der Waals surface area contributed by atoms with E-state index >= 15 is 0 Å². The molecule has 0 aliphatic rings. The Morgan fingerprint density at radius 2 is 2.33 bits per heavy atom. The average Bonchev–Trinajstić information content (AvgIpc) is 2.28. The molecule has 0 aliphatic carbocycles. The fourth-order valence-electron chi connectivity index (χ4n) is 0.802. The van der Waals surface area contributed by atoms with E-state index in [0.717, 1.165) is 0 Å². The van der Waals surface area contributed by atoms with Gasteiger partial charge >= 0.3 is 0 Å². The highest BCUT2D eigenvalue weighted by Crippen LogP contribution is 2.06. The van der Waals surface area contributed by atoms with E-state index in [0.29, 0.717) is 5.69 Å². The van der Waals surface area contributed by atoms with Gasteiger partial charge in [0.2, 0.25) is 0 Å². The number of nitrogens with two attached hydrogens (primary N) is 1. The molecule has 0 aliphatic heterocycles. The second kappa shape index (κ2) is 3.96. The van der Waals surface area contributed by atoms with Crippen LogP contribution in [0, 0.1) is 0 Å². The second-order valence-electron chi connectivity index (χ2n) is 2.19. The lowest BCUT2D eigenvalue weighted by molar-refractivity contribution is 0.0958. The van der Waals surface area contributed by atoms with Gasteiger partial charge in [-0.25, -0.2) is 0 Å². The molecule has 0 unspecified atom stereocenters. The molecule has 0 saturated carbocycles. The lowest BCUT2D eigenvalue weighted by Crippen LogP contribution is -2.19. The Hall–Kier alpha value is -1.23. The monoisotopic (exact) mass is 190 g/mol. The van der Waals surface area contributed by atoms with E-state index in [2.05, 4.69) is 10.4 Å². The third-order valence-electron chi connectivity index (χ3n) is 1.30. The maximum Gasteiger partial charge on any atom is 0.273 e. The van der Waals surface area contributed by atoms with E-state index in [4.69, 9.17) is 5.73 Å². The molecule has 0 spiro atoms. The number of nitrogens with zero attached hydrogens (tertiary/aromatic N) is 2. The Kier molecular flexibility index (Phi) is 3.56. The van der Waals surface area contributed by atoms with E-state index < -0.39 is 0 Å². The van der Waals surface area contributed by atoms with Crippen molar-refractivity contribution in [3.05, 3.63) is 11.9 Å². The summed E-state index contributed by atoms with van der Waals surface area (Å²) >= 11 is 0. The van der Waals surface area contributed by atoms with Crippen LogP contribution in [-0.4, -0.2) is 22.7 Å². The molecule has 0 radical (unpaired) electrons. The van der Waals surface area contributed by atoms with Gasteiger partial charge in [-0.15, -0.1) is 12.4 Å². The molecule has 1 aromatic heterocycles. The molecule has 1 amide bonds. The van der Waals surface area contributed by atoms with E-state index in [1.807, 2.05) is 0 Å². The Morgan fingerprint density at radius 1 is 1.75 bits per heavy atom. The highest BCUT2D eigenvalue weighted by Gasteiger charge is 2.10. The molecule has 0 saturated heterocycles. The molecular formula is C6H11ClN4O. The number of aryl methyl sites for hydroxylation is 1. The number of aromatic nitrogens is 2. The minimum atomic E-state index is -0.261. The number of nitrogens with one attached hydrogen (secondary N) is 1. The molecule has 1 heterocycles. The quantitative estimate of drug-likeness (QED) is 0.644. The molecule has 0 aromatic carbocycles. The summed E-state index contributed by atoms with van der Waals surface area (Å²) in [5.74, 6) is -0.261. The molecule has 0 bridgehead atoms. The van der Waals surface area contributed by atoms with Crippen molar-refractivity contribution >= 4 is 24.0 Å². The van der Waals surface area contributed by atoms with Gasteiger partial charge in [-0.05, 0) is 0 Å². The Balaban J connectivity index is 0.00000121. The maximum absolute atomic E-state index is 11.0. The zero-order chi connectivity index (χ0) is 8.43. The summed E-state index contributed by atoms with van der Waals surface area (Å²) in [6.45, 7) is 0. The number of rotatable bonds is 1. The molecule has 6 heteroatoms. The van der Waals surface area contributed by atoms with Gasteiger partial charge in [-0.3, -0.25) is 9.48 Å². The van der Waals surface area contributed by atoms with Crippen molar-refractivity contribution in [3.8, 4) is 0 Å². The second-order valence-corrected chi connectivity index (χ2v) is 2.19. The predicted molar refractivity (Wildman–Crippen MR) is 48.3 cm³/mol. The van der Waals surface area contributed by atoms with Gasteiger partial charge in [0.25, 0.3) is 5.91 Å². The fourth-order valence-corrected chi connectivity index (χ4v) is 0.802. The van der Waals surface area contributed by atoms with Crippen LogP contribution in [0.15, 0.2) is 6.20 Å². The lowest BCUT2D eigenvalue weighted by Gasteiger charge is -1.93. The Bertz CT molecular complexity index is 283. The summed E-state index contributed by atoms with van der Waals surface area (Å²) in [6.07, 6.45) is 1.59. The third kappa shape index (κ3) is 1.88. The highest BCUT2D eigenvalue weighted by atomic mass is 35.5. The number of halogens is 1. The highest BCUT2D eigenvalue weighted by molar-refractivity contribution is 5.96. The van der Waals surface area contributed by atoms with Crippen molar-refractivity contribution in [3.63, 3.8) is 0 Å². The van der Waals surface area contributed by atoms with E-state index in [-0.39, 0.29) is 24.0 Å². The zero-order valence-corrected chi connectivity index (χ0v) is 7.68. The van der Waals surface area contributed by atoms with Gasteiger partial charge in [-0.2, -0.15) is 5.10 Å². The summed E-state index contributed by atoms with van der Waals surface area (Å²) < 4.78 is 1.50. The minimum absolute atomic E-state index is 0. The largest absolute Gasteiger partial charge is 0.396 e. The predicted octanol–water partition coefficient (Wildman–Crippen LogP) is -0.216. The van der Waals surface area contributed by atoms with Crippen LogP contribution in [0.25, 0.3) is 0 Å². The summed E-state index contributed by atoms with van der Waals surface area (Å²) in [6, 6.07) is 0. The number of carbonyl (C=O) groups is 1. The van der Waals surface area contributed by atoms with Crippen LogP contribution in [0.1, 0.15) is 10.5 Å². The van der Waals surface area contributed by atoms with Crippen molar-refractivity contribution in [2.45, 2.75) is 0 Å². The van der Waals surface area contributed by atoms with E-state index in [1.165, 1.54) is 11.7 Å². The molecule has 0 fully saturated rings. The number of anilines is 1. The van der Waals surface area contributed by atoms with E-state index in [1.54, 1.807) is 13.2 Å². The number of carbonyl (C=O) groups excluding carboxylic acids is 1. The Morgan fingerprint density at radius 3 is 2.67 bits per heavy atom. The zero-order valence-electron chi connectivity index (χ0n) is 6.87. The lowest BCUT2D eigenvalue weighted by atomic mass is 10.3. The first-order valence-electron chi connectivity index (χ1n) is 3.16. The molecular weight excluding hydrogens is 180 g/mol. The van der Waals surface area contributed by atoms with E-state index in [9.17, 15) is 4.79 Å². The Labute approximate surface area is 76.3 Å². The smallest absolute Gasteiger partial charge is 0.273 e. The van der Waals surface area contributed by atoms with Crippen molar-refractivity contribution in [1.82, 2.24) is 15.1 Å². The normalized spacial score (nSPS) is 8.83. The van der Waals surface area contributed by atoms with Crippen LogP contribution < -0.4 is 11.1 Å². The first kappa shape index (κ1) is 10.8.